The van der Waals surface area contributed by atoms with Crippen molar-refractivity contribution in [1.82, 2.24) is 0 Å². The molecule has 0 aromatic heterocycles. The summed E-state index contributed by atoms with van der Waals surface area (Å²) in [5.41, 5.74) is 15.2. The molecule has 11 aromatic rings. The summed E-state index contributed by atoms with van der Waals surface area (Å²) in [4.78, 5) is 2.40. The highest BCUT2D eigenvalue weighted by Crippen LogP contribution is 2.45. The van der Waals surface area contributed by atoms with Crippen LogP contribution in [0.3, 0.4) is 0 Å². The Kier molecular flexibility index (Phi) is 9.26. The average Bonchev–Trinajstić information content (AvgIpc) is 3.34. The number of benzene rings is 11. The predicted molar refractivity (Wildman–Crippen MR) is 261 cm³/mol. The molecular weight excluding hydrogens is 735 g/mol. The summed E-state index contributed by atoms with van der Waals surface area (Å²) in [5, 5.41) is 7.55. The van der Waals surface area contributed by atoms with Crippen molar-refractivity contribution in [2.24, 2.45) is 0 Å². The van der Waals surface area contributed by atoms with Gasteiger partial charge in [-0.05, 0) is 130 Å². The van der Waals surface area contributed by atoms with Gasteiger partial charge in [-0.25, -0.2) is 0 Å². The van der Waals surface area contributed by atoms with Gasteiger partial charge in [0.25, 0.3) is 0 Å². The molecule has 0 aliphatic heterocycles. The highest BCUT2D eigenvalue weighted by molar-refractivity contribution is 6.14. The van der Waals surface area contributed by atoms with Gasteiger partial charge < -0.3 is 4.90 Å². The third-order valence-corrected chi connectivity index (χ3v) is 12.1. The number of hydrogen-bond acceptors (Lipinski definition) is 1. The summed E-state index contributed by atoms with van der Waals surface area (Å²) < 4.78 is 0. The number of rotatable bonds is 8. The van der Waals surface area contributed by atoms with Crippen molar-refractivity contribution in [1.29, 1.82) is 0 Å². The van der Waals surface area contributed by atoms with Crippen molar-refractivity contribution in [2.45, 2.75) is 0 Å². The fourth-order valence-corrected chi connectivity index (χ4v) is 9.15. The molecule has 0 aliphatic rings. The Morgan fingerprint density at radius 1 is 0.197 bits per heavy atom. The molecule has 0 saturated carbocycles. The molecule has 0 amide bonds. The van der Waals surface area contributed by atoms with Crippen LogP contribution in [0.25, 0.3) is 88.0 Å². The lowest BCUT2D eigenvalue weighted by Crippen LogP contribution is -2.10. The van der Waals surface area contributed by atoms with Crippen molar-refractivity contribution in [3.8, 4) is 55.6 Å². The lowest BCUT2D eigenvalue weighted by atomic mass is 9.89. The Balaban J connectivity index is 1.09. The van der Waals surface area contributed by atoms with Crippen LogP contribution in [0.2, 0.25) is 0 Å². The molecule has 0 bridgehead atoms. The van der Waals surface area contributed by atoms with E-state index in [2.05, 4.69) is 254 Å². The zero-order chi connectivity index (χ0) is 40.5. The lowest BCUT2D eigenvalue weighted by Gasteiger charge is -2.27. The van der Waals surface area contributed by atoms with Crippen LogP contribution >= 0.6 is 0 Å². The third-order valence-electron chi connectivity index (χ3n) is 12.1. The van der Waals surface area contributed by atoms with Gasteiger partial charge in [-0.3, -0.25) is 0 Å². The molecule has 0 fully saturated rings. The van der Waals surface area contributed by atoms with E-state index < -0.39 is 0 Å². The van der Waals surface area contributed by atoms with E-state index >= 15 is 0 Å². The molecule has 0 aliphatic carbocycles. The maximum atomic E-state index is 2.40. The Morgan fingerprint density at radius 2 is 0.639 bits per heavy atom. The normalized spacial score (nSPS) is 11.3. The predicted octanol–water partition coefficient (Wildman–Crippen LogP) is 17.0. The Labute approximate surface area is 357 Å². The van der Waals surface area contributed by atoms with E-state index in [-0.39, 0.29) is 0 Å². The van der Waals surface area contributed by atoms with E-state index in [1.807, 2.05) is 0 Å². The van der Waals surface area contributed by atoms with Gasteiger partial charge in [0.2, 0.25) is 0 Å². The van der Waals surface area contributed by atoms with Crippen molar-refractivity contribution in [3.63, 3.8) is 0 Å². The Bertz CT molecular complexity index is 3330. The van der Waals surface area contributed by atoms with Crippen LogP contribution in [0.15, 0.2) is 249 Å². The highest BCUT2D eigenvalue weighted by atomic mass is 15.1. The molecule has 1 nitrogen and oxygen atoms in total. The van der Waals surface area contributed by atoms with E-state index in [1.165, 1.54) is 88.0 Å². The van der Waals surface area contributed by atoms with Gasteiger partial charge in [-0.15, -0.1) is 0 Å². The average molecular weight is 776 g/mol. The van der Waals surface area contributed by atoms with Crippen molar-refractivity contribution in [2.75, 3.05) is 4.90 Å². The summed E-state index contributed by atoms with van der Waals surface area (Å²) in [6, 6.07) is 90.5. The van der Waals surface area contributed by atoms with Gasteiger partial charge in [-0.2, -0.15) is 0 Å². The summed E-state index contributed by atoms with van der Waals surface area (Å²) in [5.74, 6) is 0. The lowest BCUT2D eigenvalue weighted by molar-refractivity contribution is 1.28. The monoisotopic (exact) mass is 775 g/mol. The van der Waals surface area contributed by atoms with Gasteiger partial charge >= 0.3 is 0 Å². The fraction of sp³-hybridized carbons (Fsp3) is 0. The first-order chi connectivity index (χ1) is 30.3. The molecule has 0 radical (unpaired) electrons. The molecule has 11 rings (SSSR count). The van der Waals surface area contributed by atoms with Crippen LogP contribution in [-0.2, 0) is 0 Å². The second-order valence-electron chi connectivity index (χ2n) is 15.7. The first kappa shape index (κ1) is 36.1. The van der Waals surface area contributed by atoms with Gasteiger partial charge in [0.15, 0.2) is 0 Å². The zero-order valence-corrected chi connectivity index (χ0v) is 33.6. The van der Waals surface area contributed by atoms with Gasteiger partial charge in [-0.1, -0.05) is 206 Å². The molecule has 0 atom stereocenters. The standard InChI is InChI=1S/C60H41N/c1-3-16-42(17-4-1)53-24-11-12-27-57(53)60-41-50(38-39-55(60)43-18-5-2-6-19-43)61(48-34-30-45(31-35-48)52-29-15-22-44-20-7-9-23-51(44)52)49-36-32-46(33-37-49)59-40-47-21-8-10-25-54(47)56-26-13-14-28-58(56)59/h1-41H. The SMILES string of the molecule is c1ccc(-c2ccccc2-c2cc(N(c3ccc(-c4cccc5ccccc45)cc3)c3ccc(-c4cc5ccccc5c5ccccc45)cc3)ccc2-c2ccccc2)cc1. The molecule has 11 aromatic carbocycles. The van der Waals surface area contributed by atoms with E-state index in [0.717, 1.165) is 17.1 Å². The summed E-state index contributed by atoms with van der Waals surface area (Å²) >= 11 is 0. The maximum absolute atomic E-state index is 2.40. The van der Waals surface area contributed by atoms with Crippen LogP contribution in [0.5, 0.6) is 0 Å². The van der Waals surface area contributed by atoms with E-state index in [1.54, 1.807) is 0 Å². The van der Waals surface area contributed by atoms with Crippen molar-refractivity contribution < 1.29 is 0 Å². The van der Waals surface area contributed by atoms with Gasteiger partial charge in [0.05, 0.1) is 0 Å². The molecule has 0 unspecified atom stereocenters. The summed E-state index contributed by atoms with van der Waals surface area (Å²) in [6.07, 6.45) is 0. The number of hydrogen-bond donors (Lipinski definition) is 0. The van der Waals surface area contributed by atoms with Crippen LogP contribution < -0.4 is 4.90 Å². The minimum atomic E-state index is 1.08. The molecule has 61 heavy (non-hydrogen) atoms. The largest absolute Gasteiger partial charge is 0.310 e. The van der Waals surface area contributed by atoms with Crippen LogP contribution in [0, 0.1) is 0 Å². The zero-order valence-electron chi connectivity index (χ0n) is 33.6. The minimum Gasteiger partial charge on any atom is -0.310 e. The topological polar surface area (TPSA) is 3.24 Å². The summed E-state index contributed by atoms with van der Waals surface area (Å²) in [6.45, 7) is 0. The molecule has 0 saturated heterocycles. The number of nitrogens with zero attached hydrogens (tertiary/aromatic N) is 1. The molecular formula is C60H41N. The first-order valence-corrected chi connectivity index (χ1v) is 21.0. The molecule has 1 heteroatoms. The molecule has 0 N–H and O–H groups in total. The molecule has 286 valence electrons. The maximum Gasteiger partial charge on any atom is 0.0468 e. The van der Waals surface area contributed by atoms with E-state index in [9.17, 15) is 0 Å². The van der Waals surface area contributed by atoms with E-state index in [4.69, 9.17) is 0 Å². The van der Waals surface area contributed by atoms with Crippen LogP contribution in [0.1, 0.15) is 0 Å². The van der Waals surface area contributed by atoms with Crippen LogP contribution in [-0.4, -0.2) is 0 Å². The molecule has 0 spiro atoms. The van der Waals surface area contributed by atoms with Crippen molar-refractivity contribution in [3.05, 3.63) is 249 Å². The number of anilines is 3. The van der Waals surface area contributed by atoms with E-state index in [0.29, 0.717) is 0 Å². The summed E-state index contributed by atoms with van der Waals surface area (Å²) in [7, 11) is 0. The first-order valence-electron chi connectivity index (χ1n) is 21.0. The Hall–Kier alpha value is -8.00. The second kappa shape index (κ2) is 15.6. The Morgan fingerprint density at radius 3 is 1.31 bits per heavy atom. The van der Waals surface area contributed by atoms with Crippen LogP contribution in [0.4, 0.5) is 17.1 Å². The second-order valence-corrected chi connectivity index (χ2v) is 15.7. The smallest absolute Gasteiger partial charge is 0.0468 e. The van der Waals surface area contributed by atoms with Gasteiger partial charge in [0.1, 0.15) is 0 Å². The quantitative estimate of drug-likeness (QED) is 0.139. The minimum absolute atomic E-state index is 1.08. The molecule has 0 heterocycles. The highest BCUT2D eigenvalue weighted by Gasteiger charge is 2.19. The van der Waals surface area contributed by atoms with Gasteiger partial charge in [0, 0.05) is 17.1 Å². The number of fused-ring (bicyclic) bond motifs is 4. The fourth-order valence-electron chi connectivity index (χ4n) is 9.15. The third kappa shape index (κ3) is 6.73. The van der Waals surface area contributed by atoms with Crippen molar-refractivity contribution >= 4 is 49.4 Å².